The van der Waals surface area contributed by atoms with Crippen molar-refractivity contribution in [2.24, 2.45) is 0 Å². The third-order valence-electron chi connectivity index (χ3n) is 3.50. The van der Waals surface area contributed by atoms with Crippen LogP contribution in [0.4, 0.5) is 11.6 Å². The number of pyridine rings is 1. The zero-order valence-corrected chi connectivity index (χ0v) is 11.4. The summed E-state index contributed by atoms with van der Waals surface area (Å²) in [7, 11) is 0. The largest absolute Gasteiger partial charge is 0.384 e. The quantitative estimate of drug-likeness (QED) is 0.843. The molecular formula is C13H20N6. The highest BCUT2D eigenvalue weighted by atomic mass is 15.4. The Balaban J connectivity index is 2.13. The number of nitrogens with two attached hydrogens (primary N) is 1. The van der Waals surface area contributed by atoms with Crippen LogP contribution in [0.15, 0.2) is 12.3 Å². The molecule has 19 heavy (non-hydrogen) atoms. The maximum absolute atomic E-state index is 5.80. The highest BCUT2D eigenvalue weighted by molar-refractivity contribution is 5.91. The van der Waals surface area contributed by atoms with Gasteiger partial charge in [-0.25, -0.2) is 4.98 Å². The molecule has 1 aliphatic rings. The predicted molar refractivity (Wildman–Crippen MR) is 77.4 cm³/mol. The summed E-state index contributed by atoms with van der Waals surface area (Å²) < 4.78 is 2.03. The maximum Gasteiger partial charge on any atom is 0.160 e. The lowest BCUT2D eigenvalue weighted by molar-refractivity contribution is 0.538. The zero-order valence-electron chi connectivity index (χ0n) is 11.4. The summed E-state index contributed by atoms with van der Waals surface area (Å²) in [6.07, 6.45) is 1.84. The Labute approximate surface area is 112 Å². The summed E-state index contributed by atoms with van der Waals surface area (Å²) >= 11 is 0. The van der Waals surface area contributed by atoms with Gasteiger partial charge in [0.05, 0.1) is 10.9 Å². The molecule has 2 aromatic rings. The van der Waals surface area contributed by atoms with Gasteiger partial charge in [0.1, 0.15) is 5.82 Å². The number of aromatic nitrogens is 3. The number of piperazine rings is 1. The number of hydrogen-bond donors (Lipinski definition) is 2. The fourth-order valence-electron chi connectivity index (χ4n) is 2.54. The normalized spacial score (nSPS) is 16.5. The number of nitrogen functional groups attached to an aromatic ring is 1. The van der Waals surface area contributed by atoms with Crippen molar-refractivity contribution in [1.29, 1.82) is 0 Å². The van der Waals surface area contributed by atoms with E-state index in [0.717, 1.165) is 42.9 Å². The molecule has 0 bridgehead atoms. The molecule has 3 rings (SSSR count). The lowest BCUT2D eigenvalue weighted by atomic mass is 10.2. The first-order valence-corrected chi connectivity index (χ1v) is 6.76. The first-order chi connectivity index (χ1) is 9.16. The average Bonchev–Trinajstić information content (AvgIpc) is 2.78. The van der Waals surface area contributed by atoms with Gasteiger partial charge in [-0.05, 0) is 13.8 Å². The standard InChI is InChI=1S/C13H20N6/c1-9(2)19-11-7-12(14)16-8-10(11)13(17-19)18-5-3-15-4-6-18/h7-9,15H,3-6H2,1-2H3,(H2,14,16). The topological polar surface area (TPSA) is 72.0 Å². The molecule has 102 valence electrons. The van der Waals surface area contributed by atoms with Gasteiger partial charge in [-0.3, -0.25) is 4.68 Å². The van der Waals surface area contributed by atoms with Crippen LogP contribution in [-0.2, 0) is 0 Å². The molecule has 0 aliphatic carbocycles. The van der Waals surface area contributed by atoms with E-state index in [1.807, 2.05) is 16.9 Å². The number of anilines is 2. The molecule has 3 N–H and O–H groups in total. The smallest absolute Gasteiger partial charge is 0.160 e. The fraction of sp³-hybridized carbons (Fsp3) is 0.538. The van der Waals surface area contributed by atoms with Gasteiger partial charge in [0, 0.05) is 44.5 Å². The molecule has 1 saturated heterocycles. The second-order valence-corrected chi connectivity index (χ2v) is 5.23. The van der Waals surface area contributed by atoms with Crippen LogP contribution in [0.3, 0.4) is 0 Å². The Kier molecular flexibility index (Phi) is 3.02. The second-order valence-electron chi connectivity index (χ2n) is 5.23. The van der Waals surface area contributed by atoms with Crippen LogP contribution in [0.5, 0.6) is 0 Å². The Bertz CT molecular complexity index is 582. The number of nitrogens with zero attached hydrogens (tertiary/aromatic N) is 4. The second kappa shape index (κ2) is 4.70. The third-order valence-corrected chi connectivity index (χ3v) is 3.50. The van der Waals surface area contributed by atoms with Gasteiger partial charge in [0.2, 0.25) is 0 Å². The van der Waals surface area contributed by atoms with E-state index in [1.165, 1.54) is 0 Å². The Morgan fingerprint density at radius 3 is 2.74 bits per heavy atom. The molecule has 0 saturated carbocycles. The van der Waals surface area contributed by atoms with Crippen LogP contribution < -0.4 is 16.0 Å². The van der Waals surface area contributed by atoms with Crippen LogP contribution in [0.25, 0.3) is 10.9 Å². The van der Waals surface area contributed by atoms with E-state index in [2.05, 4.69) is 29.0 Å². The van der Waals surface area contributed by atoms with Crippen LogP contribution in [0.2, 0.25) is 0 Å². The van der Waals surface area contributed by atoms with Crippen molar-refractivity contribution in [3.05, 3.63) is 12.3 Å². The molecule has 1 aliphatic heterocycles. The minimum absolute atomic E-state index is 0.306. The molecule has 2 aromatic heterocycles. The van der Waals surface area contributed by atoms with Crippen molar-refractivity contribution in [2.45, 2.75) is 19.9 Å². The van der Waals surface area contributed by atoms with E-state index in [-0.39, 0.29) is 0 Å². The highest BCUT2D eigenvalue weighted by Crippen LogP contribution is 2.28. The molecule has 3 heterocycles. The SMILES string of the molecule is CC(C)n1nc(N2CCNCC2)c2cnc(N)cc21. The van der Waals surface area contributed by atoms with Gasteiger partial charge in [0.15, 0.2) is 5.82 Å². The van der Waals surface area contributed by atoms with E-state index in [1.54, 1.807) is 0 Å². The first-order valence-electron chi connectivity index (χ1n) is 6.76. The average molecular weight is 260 g/mol. The summed E-state index contributed by atoms with van der Waals surface area (Å²) in [6.45, 7) is 8.22. The molecule has 0 spiro atoms. The van der Waals surface area contributed by atoms with Gasteiger partial charge >= 0.3 is 0 Å². The Morgan fingerprint density at radius 2 is 2.05 bits per heavy atom. The van der Waals surface area contributed by atoms with E-state index < -0.39 is 0 Å². The summed E-state index contributed by atoms with van der Waals surface area (Å²) in [5.41, 5.74) is 6.87. The van der Waals surface area contributed by atoms with Crippen LogP contribution in [-0.4, -0.2) is 40.9 Å². The zero-order chi connectivity index (χ0) is 13.4. The van der Waals surface area contributed by atoms with Crippen molar-refractivity contribution in [3.63, 3.8) is 0 Å². The Hall–Kier alpha value is -1.82. The summed E-state index contributed by atoms with van der Waals surface area (Å²) in [6, 6.07) is 2.22. The van der Waals surface area contributed by atoms with Crippen LogP contribution in [0, 0.1) is 0 Å². The predicted octanol–water partition coefficient (Wildman–Crippen LogP) is 1.00. The minimum atomic E-state index is 0.306. The molecule has 0 atom stereocenters. The lowest BCUT2D eigenvalue weighted by Crippen LogP contribution is -2.43. The first kappa shape index (κ1) is 12.2. The summed E-state index contributed by atoms with van der Waals surface area (Å²) in [4.78, 5) is 6.53. The Morgan fingerprint density at radius 1 is 1.32 bits per heavy atom. The van der Waals surface area contributed by atoms with Gasteiger partial charge in [-0.15, -0.1) is 0 Å². The van der Waals surface area contributed by atoms with Gasteiger partial charge in [0.25, 0.3) is 0 Å². The van der Waals surface area contributed by atoms with E-state index in [0.29, 0.717) is 11.9 Å². The number of fused-ring (bicyclic) bond motifs is 1. The summed E-state index contributed by atoms with van der Waals surface area (Å²) in [5, 5.41) is 9.22. The summed E-state index contributed by atoms with van der Waals surface area (Å²) in [5.74, 6) is 1.57. The van der Waals surface area contributed by atoms with Gasteiger partial charge < -0.3 is 16.0 Å². The maximum atomic E-state index is 5.80. The van der Waals surface area contributed by atoms with E-state index >= 15 is 0 Å². The van der Waals surface area contributed by atoms with Crippen LogP contribution >= 0.6 is 0 Å². The number of nitrogens with one attached hydrogen (secondary N) is 1. The molecule has 6 nitrogen and oxygen atoms in total. The molecule has 0 unspecified atom stereocenters. The number of rotatable bonds is 2. The van der Waals surface area contributed by atoms with Crippen molar-refractivity contribution < 1.29 is 0 Å². The van der Waals surface area contributed by atoms with Crippen molar-refractivity contribution in [3.8, 4) is 0 Å². The van der Waals surface area contributed by atoms with Crippen LogP contribution in [0.1, 0.15) is 19.9 Å². The number of hydrogen-bond acceptors (Lipinski definition) is 5. The van der Waals surface area contributed by atoms with E-state index in [4.69, 9.17) is 10.8 Å². The van der Waals surface area contributed by atoms with Crippen molar-refractivity contribution in [2.75, 3.05) is 36.8 Å². The van der Waals surface area contributed by atoms with Crippen molar-refractivity contribution >= 4 is 22.5 Å². The lowest BCUT2D eigenvalue weighted by Gasteiger charge is -2.27. The molecule has 1 fully saturated rings. The van der Waals surface area contributed by atoms with Gasteiger partial charge in [-0.2, -0.15) is 5.10 Å². The molecule has 0 amide bonds. The van der Waals surface area contributed by atoms with Crippen molar-refractivity contribution in [1.82, 2.24) is 20.1 Å². The molecular weight excluding hydrogens is 240 g/mol. The molecule has 0 aromatic carbocycles. The van der Waals surface area contributed by atoms with E-state index in [9.17, 15) is 0 Å². The highest BCUT2D eigenvalue weighted by Gasteiger charge is 2.19. The van der Waals surface area contributed by atoms with Gasteiger partial charge in [-0.1, -0.05) is 0 Å². The molecule has 0 radical (unpaired) electrons. The molecule has 6 heteroatoms. The monoisotopic (exact) mass is 260 g/mol. The fourth-order valence-corrected chi connectivity index (χ4v) is 2.54. The minimum Gasteiger partial charge on any atom is -0.384 e. The third kappa shape index (κ3) is 2.12.